The van der Waals surface area contributed by atoms with Crippen LogP contribution in [0.25, 0.3) is 0 Å². The van der Waals surface area contributed by atoms with Crippen LogP contribution in [0.15, 0.2) is 18.2 Å². The molecule has 0 spiro atoms. The van der Waals surface area contributed by atoms with Crippen molar-refractivity contribution in [3.63, 3.8) is 0 Å². The highest BCUT2D eigenvalue weighted by atomic mass is 35.5. The van der Waals surface area contributed by atoms with Gasteiger partial charge in [0.2, 0.25) is 0 Å². The zero-order chi connectivity index (χ0) is 13.7. The van der Waals surface area contributed by atoms with Crippen molar-refractivity contribution in [1.82, 2.24) is 5.32 Å². The lowest BCUT2D eigenvalue weighted by molar-refractivity contribution is 0.00569. The van der Waals surface area contributed by atoms with Crippen LogP contribution in [0.4, 0.5) is 0 Å². The number of ether oxygens (including phenoxy) is 1. The SMILES string of the molecule is CNC(Cc1ccc(Cl)cc1Cl)CC1CCCCO1. The summed E-state index contributed by atoms with van der Waals surface area (Å²) in [6.07, 6.45) is 5.98. The number of halogens is 2. The van der Waals surface area contributed by atoms with Crippen LogP contribution in [0, 0.1) is 0 Å². The maximum Gasteiger partial charge on any atom is 0.0590 e. The van der Waals surface area contributed by atoms with Crippen molar-refractivity contribution in [3.8, 4) is 0 Å². The molecule has 0 aromatic heterocycles. The number of hydrogen-bond acceptors (Lipinski definition) is 2. The molecule has 0 aliphatic carbocycles. The highest BCUT2D eigenvalue weighted by Gasteiger charge is 2.19. The van der Waals surface area contributed by atoms with Gasteiger partial charge >= 0.3 is 0 Å². The predicted molar refractivity (Wildman–Crippen MR) is 81.2 cm³/mol. The Hall–Kier alpha value is -0.280. The van der Waals surface area contributed by atoms with Crippen LogP contribution in [-0.2, 0) is 11.2 Å². The Morgan fingerprint density at radius 3 is 2.84 bits per heavy atom. The summed E-state index contributed by atoms with van der Waals surface area (Å²) in [5, 5.41) is 4.80. The molecule has 1 heterocycles. The average Bonchev–Trinajstić information content (AvgIpc) is 2.42. The normalized spacial score (nSPS) is 21.3. The van der Waals surface area contributed by atoms with Crippen LogP contribution in [0.2, 0.25) is 10.0 Å². The lowest BCUT2D eigenvalue weighted by atomic mass is 9.97. The molecular formula is C15H21Cl2NO. The van der Waals surface area contributed by atoms with Gasteiger partial charge in [-0.15, -0.1) is 0 Å². The van der Waals surface area contributed by atoms with Crippen molar-refractivity contribution in [2.75, 3.05) is 13.7 Å². The van der Waals surface area contributed by atoms with Gasteiger partial charge in [0.15, 0.2) is 0 Å². The number of likely N-dealkylation sites (N-methyl/N-ethyl adjacent to an activating group) is 1. The topological polar surface area (TPSA) is 21.3 Å². The fraction of sp³-hybridized carbons (Fsp3) is 0.600. The second-order valence-electron chi connectivity index (χ2n) is 5.15. The fourth-order valence-corrected chi connectivity index (χ4v) is 3.05. The maximum atomic E-state index is 6.23. The molecule has 4 heteroatoms. The lowest BCUT2D eigenvalue weighted by Crippen LogP contribution is -2.34. The molecule has 2 atom stereocenters. The summed E-state index contributed by atoms with van der Waals surface area (Å²) in [5.41, 5.74) is 1.14. The van der Waals surface area contributed by atoms with Crippen molar-refractivity contribution in [1.29, 1.82) is 0 Å². The minimum Gasteiger partial charge on any atom is -0.378 e. The summed E-state index contributed by atoms with van der Waals surface area (Å²) in [4.78, 5) is 0. The Labute approximate surface area is 125 Å². The molecule has 1 aromatic carbocycles. The van der Waals surface area contributed by atoms with Gasteiger partial charge in [0.25, 0.3) is 0 Å². The monoisotopic (exact) mass is 301 g/mol. The van der Waals surface area contributed by atoms with E-state index in [1.165, 1.54) is 19.3 Å². The molecule has 2 unspecified atom stereocenters. The lowest BCUT2D eigenvalue weighted by Gasteiger charge is -2.27. The molecule has 1 aliphatic rings. The van der Waals surface area contributed by atoms with E-state index in [0.29, 0.717) is 17.2 Å². The summed E-state index contributed by atoms with van der Waals surface area (Å²) >= 11 is 12.2. The van der Waals surface area contributed by atoms with Crippen molar-refractivity contribution in [3.05, 3.63) is 33.8 Å². The van der Waals surface area contributed by atoms with E-state index in [1.807, 2.05) is 25.2 Å². The van der Waals surface area contributed by atoms with E-state index in [9.17, 15) is 0 Å². The quantitative estimate of drug-likeness (QED) is 0.885. The third-order valence-corrected chi connectivity index (χ3v) is 4.30. The van der Waals surface area contributed by atoms with Crippen LogP contribution in [0.1, 0.15) is 31.2 Å². The zero-order valence-electron chi connectivity index (χ0n) is 11.3. The molecule has 106 valence electrons. The van der Waals surface area contributed by atoms with Crippen molar-refractivity contribution in [2.24, 2.45) is 0 Å². The molecule has 0 amide bonds. The first-order valence-corrected chi connectivity index (χ1v) is 7.67. The molecule has 1 saturated heterocycles. The largest absolute Gasteiger partial charge is 0.378 e. The first-order chi connectivity index (χ1) is 9.19. The van der Waals surface area contributed by atoms with Crippen molar-refractivity contribution < 1.29 is 4.74 Å². The van der Waals surface area contributed by atoms with Crippen LogP contribution in [0.5, 0.6) is 0 Å². The number of rotatable bonds is 5. The number of nitrogens with one attached hydrogen (secondary N) is 1. The Morgan fingerprint density at radius 1 is 1.37 bits per heavy atom. The van der Waals surface area contributed by atoms with E-state index < -0.39 is 0 Å². The zero-order valence-corrected chi connectivity index (χ0v) is 12.8. The minimum atomic E-state index is 0.386. The second kappa shape index (κ2) is 7.49. The van der Waals surface area contributed by atoms with Gasteiger partial charge in [-0.1, -0.05) is 29.3 Å². The van der Waals surface area contributed by atoms with Gasteiger partial charge in [0.1, 0.15) is 0 Å². The summed E-state index contributed by atoms with van der Waals surface area (Å²) in [7, 11) is 2.00. The third kappa shape index (κ3) is 4.64. The highest BCUT2D eigenvalue weighted by molar-refractivity contribution is 6.35. The van der Waals surface area contributed by atoms with Crippen LogP contribution >= 0.6 is 23.2 Å². The van der Waals surface area contributed by atoms with Gasteiger partial charge < -0.3 is 10.1 Å². The second-order valence-corrected chi connectivity index (χ2v) is 5.99. The Kier molecular flexibility index (Phi) is 5.96. The van der Waals surface area contributed by atoms with Gasteiger partial charge in [0, 0.05) is 22.7 Å². The smallest absolute Gasteiger partial charge is 0.0590 e. The van der Waals surface area contributed by atoms with E-state index >= 15 is 0 Å². The summed E-state index contributed by atoms with van der Waals surface area (Å²) in [6.45, 7) is 0.906. The molecule has 1 fully saturated rings. The summed E-state index contributed by atoms with van der Waals surface area (Å²) in [5.74, 6) is 0. The number of benzene rings is 1. The van der Waals surface area contributed by atoms with Crippen LogP contribution in [-0.4, -0.2) is 25.8 Å². The van der Waals surface area contributed by atoms with Gasteiger partial charge in [-0.25, -0.2) is 0 Å². The first-order valence-electron chi connectivity index (χ1n) is 6.92. The Bertz CT molecular complexity index is 405. The van der Waals surface area contributed by atoms with E-state index in [-0.39, 0.29) is 0 Å². The number of hydrogen-bond donors (Lipinski definition) is 1. The molecular weight excluding hydrogens is 281 g/mol. The van der Waals surface area contributed by atoms with Crippen LogP contribution in [0.3, 0.4) is 0 Å². The predicted octanol–water partition coefficient (Wildman–Crippen LogP) is 4.08. The van der Waals surface area contributed by atoms with E-state index in [0.717, 1.165) is 30.0 Å². The fourth-order valence-electron chi connectivity index (χ4n) is 2.57. The van der Waals surface area contributed by atoms with E-state index in [2.05, 4.69) is 5.32 Å². The molecule has 1 N–H and O–H groups in total. The highest BCUT2D eigenvalue weighted by Crippen LogP contribution is 2.24. The van der Waals surface area contributed by atoms with Gasteiger partial charge in [-0.2, -0.15) is 0 Å². The van der Waals surface area contributed by atoms with Gasteiger partial charge in [-0.3, -0.25) is 0 Å². The molecule has 2 nitrogen and oxygen atoms in total. The minimum absolute atomic E-state index is 0.386. The maximum absolute atomic E-state index is 6.23. The Morgan fingerprint density at radius 2 is 2.21 bits per heavy atom. The molecule has 0 radical (unpaired) electrons. The molecule has 1 aromatic rings. The third-order valence-electron chi connectivity index (χ3n) is 3.71. The van der Waals surface area contributed by atoms with Crippen molar-refractivity contribution >= 4 is 23.2 Å². The Balaban J connectivity index is 1.94. The molecule has 0 saturated carbocycles. The summed E-state index contributed by atoms with van der Waals surface area (Å²) in [6, 6.07) is 6.10. The average molecular weight is 302 g/mol. The molecule has 0 bridgehead atoms. The van der Waals surface area contributed by atoms with Gasteiger partial charge in [0.05, 0.1) is 6.10 Å². The standard InChI is InChI=1S/C15H21Cl2NO/c1-18-13(10-14-4-2-3-7-19-14)8-11-5-6-12(16)9-15(11)17/h5-6,9,13-14,18H,2-4,7-8,10H2,1H3. The first kappa shape index (κ1) is 15.1. The van der Waals surface area contributed by atoms with E-state index in [4.69, 9.17) is 27.9 Å². The van der Waals surface area contributed by atoms with Crippen LogP contribution < -0.4 is 5.32 Å². The molecule has 19 heavy (non-hydrogen) atoms. The summed E-state index contributed by atoms with van der Waals surface area (Å²) < 4.78 is 5.80. The van der Waals surface area contributed by atoms with E-state index in [1.54, 1.807) is 0 Å². The molecule has 2 rings (SSSR count). The molecule has 1 aliphatic heterocycles. The van der Waals surface area contributed by atoms with Gasteiger partial charge in [-0.05, 0) is 56.8 Å². The van der Waals surface area contributed by atoms with Crippen molar-refractivity contribution in [2.45, 2.75) is 44.2 Å².